The Balaban J connectivity index is 1.87. The molecule has 2 aromatic carbocycles. The average molecular weight is 492 g/mol. The fourth-order valence-corrected chi connectivity index (χ4v) is 5.24. The van der Waals surface area contributed by atoms with Crippen molar-refractivity contribution in [2.45, 2.75) is 44.2 Å². The van der Waals surface area contributed by atoms with Crippen molar-refractivity contribution < 1.29 is 22.8 Å². The number of fused-ring (bicyclic) bond motifs is 1. The van der Waals surface area contributed by atoms with E-state index in [1.165, 1.54) is 23.1 Å². The lowest BCUT2D eigenvalue weighted by Gasteiger charge is -2.30. The van der Waals surface area contributed by atoms with E-state index in [2.05, 4.69) is 5.32 Å². The van der Waals surface area contributed by atoms with Crippen molar-refractivity contribution >= 4 is 39.3 Å². The van der Waals surface area contributed by atoms with E-state index in [1.807, 2.05) is 6.92 Å². The molecule has 0 aromatic heterocycles. The van der Waals surface area contributed by atoms with Gasteiger partial charge in [-0.1, -0.05) is 55.3 Å². The van der Waals surface area contributed by atoms with Gasteiger partial charge in [0.05, 0.1) is 5.56 Å². The predicted octanol–water partition coefficient (Wildman–Crippen LogP) is 2.82. The van der Waals surface area contributed by atoms with Gasteiger partial charge in [0.15, 0.2) is 0 Å². The zero-order chi connectivity index (χ0) is 24.2. The molecule has 1 atom stereocenters. The smallest absolute Gasteiger partial charge is 0.269 e. The Morgan fingerprint density at radius 2 is 1.79 bits per heavy atom. The molecule has 0 saturated heterocycles. The second-order valence-electron chi connectivity index (χ2n) is 7.75. The molecule has 0 fully saturated rings. The lowest BCUT2D eigenvalue weighted by molar-refractivity contribution is -0.140. The van der Waals surface area contributed by atoms with Crippen LogP contribution in [0.3, 0.4) is 0 Å². The minimum absolute atomic E-state index is 0.0180. The Kier molecular flexibility index (Phi) is 7.76. The van der Waals surface area contributed by atoms with Gasteiger partial charge in [0.2, 0.25) is 11.8 Å². The van der Waals surface area contributed by atoms with Crippen molar-refractivity contribution in [2.75, 3.05) is 13.1 Å². The summed E-state index contributed by atoms with van der Waals surface area (Å²) in [4.78, 5) is 39.9. The van der Waals surface area contributed by atoms with Crippen LogP contribution in [0.4, 0.5) is 0 Å². The molecule has 1 N–H and O–H groups in total. The number of amides is 3. The van der Waals surface area contributed by atoms with Crippen LogP contribution in [-0.4, -0.2) is 54.5 Å². The van der Waals surface area contributed by atoms with E-state index in [0.717, 1.165) is 12.8 Å². The summed E-state index contributed by atoms with van der Waals surface area (Å²) in [5, 5.41) is 3.20. The third-order valence-corrected chi connectivity index (χ3v) is 7.64. The first-order chi connectivity index (χ1) is 15.7. The molecule has 1 aliphatic heterocycles. The summed E-state index contributed by atoms with van der Waals surface area (Å²) in [6.07, 6.45) is 1.68. The van der Waals surface area contributed by atoms with Gasteiger partial charge in [-0.3, -0.25) is 14.4 Å². The number of benzene rings is 2. The van der Waals surface area contributed by atoms with E-state index < -0.39 is 34.4 Å². The molecule has 33 heavy (non-hydrogen) atoms. The molecule has 1 unspecified atom stereocenters. The van der Waals surface area contributed by atoms with Gasteiger partial charge in [-0.05, 0) is 37.1 Å². The number of unbranched alkanes of at least 4 members (excludes halogenated alkanes) is 1. The Morgan fingerprint density at radius 1 is 1.12 bits per heavy atom. The summed E-state index contributed by atoms with van der Waals surface area (Å²) in [5.74, 6) is -1.82. The highest BCUT2D eigenvalue weighted by atomic mass is 35.5. The van der Waals surface area contributed by atoms with E-state index in [4.69, 9.17) is 11.6 Å². The van der Waals surface area contributed by atoms with E-state index in [9.17, 15) is 22.8 Å². The first kappa shape index (κ1) is 24.7. The van der Waals surface area contributed by atoms with Crippen molar-refractivity contribution in [2.24, 2.45) is 0 Å². The average Bonchev–Trinajstić information content (AvgIpc) is 2.99. The van der Waals surface area contributed by atoms with Crippen molar-refractivity contribution in [3.05, 3.63) is 64.7 Å². The third kappa shape index (κ3) is 5.20. The lowest BCUT2D eigenvalue weighted by atomic mass is 10.1. The van der Waals surface area contributed by atoms with Crippen molar-refractivity contribution in [3.63, 3.8) is 0 Å². The van der Waals surface area contributed by atoms with Crippen LogP contribution in [-0.2, 0) is 26.2 Å². The molecule has 0 spiro atoms. The van der Waals surface area contributed by atoms with Gasteiger partial charge in [0, 0.05) is 18.1 Å². The first-order valence-corrected chi connectivity index (χ1v) is 12.5. The lowest BCUT2D eigenvalue weighted by Crippen LogP contribution is -2.51. The summed E-state index contributed by atoms with van der Waals surface area (Å²) in [6, 6.07) is 11.8. The number of halogens is 1. The number of sulfonamides is 1. The number of rotatable bonds is 9. The topological polar surface area (TPSA) is 104 Å². The highest BCUT2D eigenvalue weighted by molar-refractivity contribution is 7.90. The largest absolute Gasteiger partial charge is 0.354 e. The van der Waals surface area contributed by atoms with Crippen LogP contribution >= 0.6 is 11.6 Å². The van der Waals surface area contributed by atoms with E-state index >= 15 is 0 Å². The van der Waals surface area contributed by atoms with Gasteiger partial charge >= 0.3 is 0 Å². The molecule has 3 amide bonds. The highest BCUT2D eigenvalue weighted by Crippen LogP contribution is 2.30. The van der Waals surface area contributed by atoms with Crippen molar-refractivity contribution in [3.8, 4) is 0 Å². The number of carbonyl (C=O) groups excluding carboxylic acids is 3. The number of hydrogen-bond donors (Lipinski definition) is 1. The summed E-state index contributed by atoms with van der Waals surface area (Å²) >= 11 is 6.26. The van der Waals surface area contributed by atoms with Crippen LogP contribution in [0.1, 0.15) is 42.6 Å². The number of hydrogen-bond acceptors (Lipinski definition) is 5. The molecular weight excluding hydrogens is 466 g/mol. The Hall–Kier alpha value is -2.91. The Labute approximate surface area is 198 Å². The number of nitrogens with one attached hydrogen (secondary N) is 1. The second kappa shape index (κ2) is 10.4. The van der Waals surface area contributed by atoms with E-state index in [1.54, 1.807) is 37.3 Å². The van der Waals surface area contributed by atoms with Gasteiger partial charge in [0.1, 0.15) is 17.5 Å². The molecule has 176 valence electrons. The maximum atomic E-state index is 13.3. The van der Waals surface area contributed by atoms with Gasteiger partial charge in [-0.25, -0.2) is 12.7 Å². The van der Waals surface area contributed by atoms with Gasteiger partial charge in [-0.2, -0.15) is 0 Å². The Bertz CT molecular complexity index is 1170. The molecule has 0 bridgehead atoms. The maximum absolute atomic E-state index is 13.3. The van der Waals surface area contributed by atoms with Gasteiger partial charge in [0.25, 0.3) is 15.9 Å². The molecular formula is C23H26ClN3O5S. The molecule has 1 heterocycles. The van der Waals surface area contributed by atoms with Crippen LogP contribution in [0.2, 0.25) is 5.02 Å². The molecule has 0 aliphatic carbocycles. The number of carbonyl (C=O) groups is 3. The number of nitrogens with zero attached hydrogens (tertiary/aromatic N) is 2. The fourth-order valence-electron chi connectivity index (χ4n) is 3.53. The molecule has 1 aliphatic rings. The standard InChI is InChI=1S/C23H26ClN3O5S/c1-3-4-13-25-22(29)16(2)26(14-17-9-5-7-11-19(17)24)21(28)15-27-23(30)18-10-6-8-12-20(18)33(27,31)32/h5-12,16H,3-4,13-15H2,1-2H3,(H,25,29). The minimum Gasteiger partial charge on any atom is -0.354 e. The molecule has 3 rings (SSSR count). The molecule has 0 saturated carbocycles. The van der Waals surface area contributed by atoms with Crippen molar-refractivity contribution in [1.82, 2.24) is 14.5 Å². The Morgan fingerprint density at radius 3 is 2.45 bits per heavy atom. The summed E-state index contributed by atoms with van der Waals surface area (Å²) in [5.41, 5.74) is 0.618. The quantitative estimate of drug-likeness (QED) is 0.543. The van der Waals surface area contributed by atoms with Gasteiger partial charge in [-0.15, -0.1) is 0 Å². The molecule has 0 radical (unpaired) electrons. The van der Waals surface area contributed by atoms with Crippen molar-refractivity contribution in [1.29, 1.82) is 0 Å². The monoisotopic (exact) mass is 491 g/mol. The van der Waals surface area contributed by atoms with Gasteiger partial charge < -0.3 is 10.2 Å². The van der Waals surface area contributed by atoms with Crippen LogP contribution in [0.15, 0.2) is 53.4 Å². The normalized spacial score (nSPS) is 15.1. The van der Waals surface area contributed by atoms with E-state index in [0.29, 0.717) is 21.4 Å². The minimum atomic E-state index is -4.16. The first-order valence-electron chi connectivity index (χ1n) is 10.6. The van der Waals surface area contributed by atoms with Crippen LogP contribution in [0.25, 0.3) is 0 Å². The van der Waals surface area contributed by atoms with Crippen LogP contribution in [0, 0.1) is 0 Å². The predicted molar refractivity (Wildman–Crippen MR) is 124 cm³/mol. The zero-order valence-corrected chi connectivity index (χ0v) is 20.0. The second-order valence-corrected chi connectivity index (χ2v) is 9.98. The highest BCUT2D eigenvalue weighted by Gasteiger charge is 2.43. The maximum Gasteiger partial charge on any atom is 0.269 e. The third-order valence-electron chi connectivity index (χ3n) is 5.49. The SMILES string of the molecule is CCCCNC(=O)C(C)N(Cc1ccccc1Cl)C(=O)CN1C(=O)c2ccccc2S1(=O)=O. The summed E-state index contributed by atoms with van der Waals surface area (Å²) < 4.78 is 26.3. The zero-order valence-electron chi connectivity index (χ0n) is 18.5. The molecule has 10 heteroatoms. The summed E-state index contributed by atoms with van der Waals surface area (Å²) in [7, 11) is -4.16. The van der Waals surface area contributed by atoms with Crippen LogP contribution in [0.5, 0.6) is 0 Å². The fraction of sp³-hybridized carbons (Fsp3) is 0.348. The van der Waals surface area contributed by atoms with Crippen LogP contribution < -0.4 is 5.32 Å². The molecule has 2 aromatic rings. The summed E-state index contributed by atoms with van der Waals surface area (Å²) in [6.45, 7) is 3.28. The van der Waals surface area contributed by atoms with E-state index in [-0.39, 0.29) is 22.9 Å². The molecule has 8 nitrogen and oxygen atoms in total.